The second-order valence-corrected chi connectivity index (χ2v) is 7.69. The molecule has 2 aromatic rings. The molecule has 146 valence electrons. The van der Waals surface area contributed by atoms with Crippen LogP contribution in [0.4, 0.5) is 0 Å². The zero-order chi connectivity index (χ0) is 19.9. The molecule has 7 nitrogen and oxygen atoms in total. The molecule has 9 heteroatoms. The molecule has 1 unspecified atom stereocenters. The Morgan fingerprint density at radius 3 is 2.37 bits per heavy atom. The Bertz CT molecular complexity index is 852. The van der Waals surface area contributed by atoms with Gasteiger partial charge in [-0.05, 0) is 48.9 Å². The van der Waals surface area contributed by atoms with Crippen molar-refractivity contribution in [3.05, 3.63) is 59.1 Å². The number of carbonyl (C=O) groups is 1. The first-order chi connectivity index (χ1) is 12.8. The number of carbonyl (C=O) groups excluding carboxylic acids is 1. The van der Waals surface area contributed by atoms with E-state index >= 15 is 0 Å². The van der Waals surface area contributed by atoms with Gasteiger partial charge < -0.3 is 14.6 Å². The van der Waals surface area contributed by atoms with Crippen LogP contribution in [-0.2, 0) is 19.6 Å². The lowest BCUT2D eigenvalue weighted by Gasteiger charge is -2.13. The standard InChI is InChI=1S/C18H20ClNO6S/c1-2-25-18(22)12-26-15-7-3-13(4-8-15)17(21)11-20-27(23,24)16-9-5-14(19)6-10-16/h3-10,17,20-21H,2,11-12H2,1H3. The summed E-state index contributed by atoms with van der Waals surface area (Å²) in [5.74, 6) is -0.0426. The molecule has 0 bridgehead atoms. The smallest absolute Gasteiger partial charge is 0.344 e. The van der Waals surface area contributed by atoms with Crippen molar-refractivity contribution < 1.29 is 27.8 Å². The molecule has 0 saturated carbocycles. The van der Waals surface area contributed by atoms with E-state index in [1.165, 1.54) is 24.3 Å². The van der Waals surface area contributed by atoms with Crippen LogP contribution in [-0.4, -0.2) is 39.3 Å². The number of ether oxygens (including phenoxy) is 2. The van der Waals surface area contributed by atoms with Crippen LogP contribution in [0.1, 0.15) is 18.6 Å². The number of esters is 1. The lowest BCUT2D eigenvalue weighted by molar-refractivity contribution is -0.145. The van der Waals surface area contributed by atoms with E-state index in [1.54, 1.807) is 31.2 Å². The van der Waals surface area contributed by atoms with Crippen LogP contribution < -0.4 is 9.46 Å². The molecule has 0 spiro atoms. The van der Waals surface area contributed by atoms with E-state index in [0.717, 1.165) is 0 Å². The minimum atomic E-state index is -3.76. The van der Waals surface area contributed by atoms with Gasteiger partial charge in [-0.15, -0.1) is 0 Å². The van der Waals surface area contributed by atoms with E-state index in [4.69, 9.17) is 21.1 Å². The first-order valence-electron chi connectivity index (χ1n) is 8.13. The van der Waals surface area contributed by atoms with Crippen LogP contribution in [0.3, 0.4) is 0 Å². The second-order valence-electron chi connectivity index (χ2n) is 5.48. The van der Waals surface area contributed by atoms with Crippen molar-refractivity contribution >= 4 is 27.6 Å². The molecule has 1 atom stereocenters. The Balaban J connectivity index is 1.91. The highest BCUT2D eigenvalue weighted by Crippen LogP contribution is 2.19. The number of aliphatic hydroxyl groups is 1. The predicted molar refractivity (Wildman–Crippen MR) is 100 cm³/mol. The Hall–Kier alpha value is -2.13. The Morgan fingerprint density at radius 2 is 1.78 bits per heavy atom. The number of halogens is 1. The number of rotatable bonds is 9. The Morgan fingerprint density at radius 1 is 1.15 bits per heavy atom. The van der Waals surface area contributed by atoms with E-state index in [0.29, 0.717) is 16.3 Å². The summed E-state index contributed by atoms with van der Waals surface area (Å²) >= 11 is 5.75. The van der Waals surface area contributed by atoms with Crippen molar-refractivity contribution in [1.82, 2.24) is 4.72 Å². The fraction of sp³-hybridized carbons (Fsp3) is 0.278. The highest BCUT2D eigenvalue weighted by atomic mass is 35.5. The van der Waals surface area contributed by atoms with Crippen molar-refractivity contribution in [3.8, 4) is 5.75 Å². The first-order valence-corrected chi connectivity index (χ1v) is 9.99. The molecule has 2 N–H and O–H groups in total. The third kappa shape index (κ3) is 6.51. The maximum absolute atomic E-state index is 12.2. The van der Waals surface area contributed by atoms with E-state index in [1.807, 2.05) is 0 Å². The third-order valence-corrected chi connectivity index (χ3v) is 5.21. The fourth-order valence-electron chi connectivity index (χ4n) is 2.13. The van der Waals surface area contributed by atoms with Gasteiger partial charge in [-0.3, -0.25) is 0 Å². The zero-order valence-corrected chi connectivity index (χ0v) is 16.2. The summed E-state index contributed by atoms with van der Waals surface area (Å²) in [7, 11) is -3.76. The van der Waals surface area contributed by atoms with Crippen molar-refractivity contribution in [1.29, 1.82) is 0 Å². The van der Waals surface area contributed by atoms with Gasteiger partial charge >= 0.3 is 5.97 Å². The zero-order valence-electron chi connectivity index (χ0n) is 14.6. The third-order valence-electron chi connectivity index (χ3n) is 3.52. The van der Waals surface area contributed by atoms with Gasteiger partial charge in [-0.25, -0.2) is 17.9 Å². The van der Waals surface area contributed by atoms with Gasteiger partial charge in [0, 0.05) is 11.6 Å². The van der Waals surface area contributed by atoms with Crippen LogP contribution in [0.15, 0.2) is 53.4 Å². The van der Waals surface area contributed by atoms with Crippen LogP contribution in [0.2, 0.25) is 5.02 Å². The number of aliphatic hydroxyl groups excluding tert-OH is 1. The normalized spacial score (nSPS) is 12.4. The van der Waals surface area contributed by atoms with Crippen molar-refractivity contribution in [3.63, 3.8) is 0 Å². The fourth-order valence-corrected chi connectivity index (χ4v) is 3.30. The van der Waals surface area contributed by atoms with Crippen LogP contribution in [0.25, 0.3) is 0 Å². The van der Waals surface area contributed by atoms with Crippen LogP contribution in [0, 0.1) is 0 Å². The van der Waals surface area contributed by atoms with E-state index in [2.05, 4.69) is 4.72 Å². The molecule has 0 amide bonds. The number of hydrogen-bond donors (Lipinski definition) is 2. The minimum absolute atomic E-state index is 0.0572. The summed E-state index contributed by atoms with van der Waals surface area (Å²) in [6, 6.07) is 12.0. The summed E-state index contributed by atoms with van der Waals surface area (Å²) < 4.78 is 36.8. The largest absolute Gasteiger partial charge is 0.482 e. The average molecular weight is 414 g/mol. The summed E-state index contributed by atoms with van der Waals surface area (Å²) in [6.45, 7) is 1.57. The van der Waals surface area contributed by atoms with Crippen molar-refractivity contribution in [2.45, 2.75) is 17.9 Å². The molecule has 0 heterocycles. The van der Waals surface area contributed by atoms with E-state index in [-0.39, 0.29) is 24.7 Å². The number of benzene rings is 2. The van der Waals surface area contributed by atoms with Crippen molar-refractivity contribution in [2.24, 2.45) is 0 Å². The molecular formula is C18H20ClNO6S. The second kappa shape index (κ2) is 9.70. The van der Waals surface area contributed by atoms with Gasteiger partial charge in [0.15, 0.2) is 6.61 Å². The maximum atomic E-state index is 12.2. The molecule has 0 fully saturated rings. The highest BCUT2D eigenvalue weighted by molar-refractivity contribution is 7.89. The summed E-state index contributed by atoms with van der Waals surface area (Å²) in [6.07, 6.45) is -1.05. The van der Waals surface area contributed by atoms with Gasteiger partial charge in [-0.1, -0.05) is 23.7 Å². The average Bonchev–Trinajstić information content (AvgIpc) is 2.65. The lowest BCUT2D eigenvalue weighted by Crippen LogP contribution is -2.28. The van der Waals surface area contributed by atoms with Crippen LogP contribution in [0.5, 0.6) is 5.75 Å². The van der Waals surface area contributed by atoms with Crippen LogP contribution >= 0.6 is 11.6 Å². The quantitative estimate of drug-likeness (QED) is 0.611. The minimum Gasteiger partial charge on any atom is -0.482 e. The van der Waals surface area contributed by atoms with Gasteiger partial charge in [0.2, 0.25) is 10.0 Å². The molecule has 0 aliphatic carbocycles. The molecule has 2 rings (SSSR count). The van der Waals surface area contributed by atoms with Gasteiger partial charge in [0.05, 0.1) is 17.6 Å². The van der Waals surface area contributed by atoms with E-state index in [9.17, 15) is 18.3 Å². The van der Waals surface area contributed by atoms with Gasteiger partial charge in [-0.2, -0.15) is 0 Å². The number of nitrogens with one attached hydrogen (secondary N) is 1. The molecule has 2 aromatic carbocycles. The topological polar surface area (TPSA) is 102 Å². The molecular weight excluding hydrogens is 394 g/mol. The Labute approximate surface area is 162 Å². The van der Waals surface area contributed by atoms with E-state index < -0.39 is 22.1 Å². The molecule has 0 saturated heterocycles. The molecule has 0 radical (unpaired) electrons. The molecule has 0 aliphatic rings. The predicted octanol–water partition coefficient (Wildman–Crippen LogP) is 2.29. The maximum Gasteiger partial charge on any atom is 0.344 e. The first kappa shape index (κ1) is 21.2. The SMILES string of the molecule is CCOC(=O)COc1ccc(C(O)CNS(=O)(=O)c2ccc(Cl)cc2)cc1. The summed E-state index contributed by atoms with van der Waals surface area (Å²) in [4.78, 5) is 11.3. The highest BCUT2D eigenvalue weighted by Gasteiger charge is 2.17. The lowest BCUT2D eigenvalue weighted by atomic mass is 10.1. The number of sulfonamides is 1. The van der Waals surface area contributed by atoms with Gasteiger partial charge in [0.1, 0.15) is 5.75 Å². The van der Waals surface area contributed by atoms with Gasteiger partial charge in [0.25, 0.3) is 0 Å². The molecule has 0 aliphatic heterocycles. The monoisotopic (exact) mass is 413 g/mol. The molecule has 0 aromatic heterocycles. The summed E-state index contributed by atoms with van der Waals surface area (Å²) in [5, 5.41) is 10.6. The van der Waals surface area contributed by atoms with Crippen molar-refractivity contribution in [2.75, 3.05) is 19.8 Å². The summed E-state index contributed by atoms with van der Waals surface area (Å²) in [5.41, 5.74) is 0.497. The number of hydrogen-bond acceptors (Lipinski definition) is 6. The Kier molecular flexibility index (Phi) is 7.61. The molecule has 27 heavy (non-hydrogen) atoms.